The standard InChI is InChI=1S/C64H39N5/c1-66-42-35-40(38-65)34-41(36-42)53-37-61(68-57-30-14-8-22-47(57)48-23-9-15-31-58(48)68)64(69-59-32-16-10-24-49(59)50-25-11-17-33-60(50)69)54(39-67-55-28-12-6-20-45(55)46-21-7-13-29-56(46)67)63(53)62-51-26-4-2-18-43(51)44-19-3-5-27-52(44)62/h2-37,62H,39H2. The molecule has 5 nitrogen and oxygen atoms in total. The monoisotopic (exact) mass is 877 g/mol. The second kappa shape index (κ2) is 15.1. The molecule has 0 saturated carbocycles. The Hall–Kier alpha value is -9.42. The number of hydrogen-bond donors (Lipinski definition) is 0. The van der Waals surface area contributed by atoms with Gasteiger partial charge in [-0.1, -0.05) is 158 Å². The van der Waals surface area contributed by atoms with Crippen molar-refractivity contribution in [2.24, 2.45) is 0 Å². The van der Waals surface area contributed by atoms with Gasteiger partial charge in [-0.3, -0.25) is 0 Å². The molecule has 0 spiro atoms. The van der Waals surface area contributed by atoms with Crippen molar-refractivity contribution in [3.8, 4) is 39.7 Å². The Bertz CT molecular complexity index is 4150. The molecule has 0 radical (unpaired) electrons. The Morgan fingerprint density at radius 3 is 1.35 bits per heavy atom. The Morgan fingerprint density at radius 1 is 0.449 bits per heavy atom. The molecule has 0 unspecified atom stereocenters. The average Bonchev–Trinajstić information content (AvgIpc) is 4.13. The van der Waals surface area contributed by atoms with Crippen molar-refractivity contribution >= 4 is 71.1 Å². The first kappa shape index (κ1) is 38.8. The first-order valence-electron chi connectivity index (χ1n) is 23.4. The van der Waals surface area contributed by atoms with Gasteiger partial charge in [0.1, 0.15) is 0 Å². The van der Waals surface area contributed by atoms with Crippen molar-refractivity contribution in [1.29, 1.82) is 5.26 Å². The third-order valence-electron chi connectivity index (χ3n) is 14.7. The van der Waals surface area contributed by atoms with Gasteiger partial charge in [-0.05, 0) is 99.6 Å². The van der Waals surface area contributed by atoms with Gasteiger partial charge in [-0.15, -0.1) is 0 Å². The van der Waals surface area contributed by atoms with Crippen molar-refractivity contribution in [3.05, 3.63) is 258 Å². The van der Waals surface area contributed by atoms with Gasteiger partial charge in [0.2, 0.25) is 0 Å². The Morgan fingerprint density at radius 2 is 0.870 bits per heavy atom. The highest BCUT2D eigenvalue weighted by Crippen LogP contribution is 2.54. The van der Waals surface area contributed by atoms with E-state index >= 15 is 0 Å². The quantitative estimate of drug-likeness (QED) is 0.153. The highest BCUT2D eigenvalue weighted by atomic mass is 15.1. The Kier molecular flexibility index (Phi) is 8.47. The molecule has 0 bridgehead atoms. The molecule has 69 heavy (non-hydrogen) atoms. The van der Waals surface area contributed by atoms with Crippen molar-refractivity contribution < 1.29 is 0 Å². The molecule has 0 atom stereocenters. The van der Waals surface area contributed by atoms with Gasteiger partial charge in [0, 0.05) is 60.4 Å². The zero-order valence-electron chi connectivity index (χ0n) is 37.3. The smallest absolute Gasteiger partial charge is 0.189 e. The molecule has 10 aromatic carbocycles. The van der Waals surface area contributed by atoms with E-state index in [1.54, 1.807) is 6.07 Å². The van der Waals surface area contributed by atoms with Crippen LogP contribution in [0.15, 0.2) is 218 Å². The average molecular weight is 878 g/mol. The molecule has 0 fully saturated rings. The molecular weight excluding hydrogens is 839 g/mol. The van der Waals surface area contributed by atoms with Crippen molar-refractivity contribution in [3.63, 3.8) is 0 Å². The van der Waals surface area contributed by atoms with Crippen LogP contribution in [0, 0.1) is 17.9 Å². The van der Waals surface area contributed by atoms with Gasteiger partial charge < -0.3 is 13.7 Å². The van der Waals surface area contributed by atoms with Crippen LogP contribution < -0.4 is 0 Å². The van der Waals surface area contributed by atoms with Crippen molar-refractivity contribution in [1.82, 2.24) is 13.7 Å². The van der Waals surface area contributed by atoms with Crippen LogP contribution in [0.2, 0.25) is 0 Å². The van der Waals surface area contributed by atoms with E-state index in [1.807, 2.05) is 12.1 Å². The predicted molar refractivity (Wildman–Crippen MR) is 283 cm³/mol. The second-order valence-electron chi connectivity index (χ2n) is 18.1. The summed E-state index contributed by atoms with van der Waals surface area (Å²) >= 11 is 0. The second-order valence-corrected chi connectivity index (χ2v) is 18.1. The van der Waals surface area contributed by atoms with E-state index in [2.05, 4.69) is 225 Å². The van der Waals surface area contributed by atoms with E-state index in [-0.39, 0.29) is 5.92 Å². The summed E-state index contributed by atoms with van der Waals surface area (Å²) < 4.78 is 7.51. The number of hydrogen-bond acceptors (Lipinski definition) is 1. The van der Waals surface area contributed by atoms with Crippen LogP contribution >= 0.6 is 0 Å². The van der Waals surface area contributed by atoms with Gasteiger partial charge in [-0.25, -0.2) is 4.85 Å². The van der Waals surface area contributed by atoms with E-state index < -0.39 is 0 Å². The fourth-order valence-corrected chi connectivity index (χ4v) is 11.9. The van der Waals surface area contributed by atoms with Crippen molar-refractivity contribution in [2.45, 2.75) is 12.5 Å². The maximum Gasteiger partial charge on any atom is 0.189 e. The number of nitriles is 1. The lowest BCUT2D eigenvalue weighted by atomic mass is 9.79. The Balaban J connectivity index is 1.27. The third kappa shape index (κ3) is 5.63. The van der Waals surface area contributed by atoms with E-state index in [0.717, 1.165) is 77.5 Å². The predicted octanol–water partition coefficient (Wildman–Crippen LogP) is 16.3. The van der Waals surface area contributed by atoms with Crippen LogP contribution in [0.25, 0.3) is 104 Å². The van der Waals surface area contributed by atoms with Crippen LogP contribution in [0.3, 0.4) is 0 Å². The summed E-state index contributed by atoms with van der Waals surface area (Å²) in [5.41, 5.74) is 18.6. The molecule has 0 aliphatic heterocycles. The van der Waals surface area contributed by atoms with Gasteiger partial charge in [0.15, 0.2) is 5.69 Å². The molecule has 0 amide bonds. The molecule has 14 rings (SSSR count). The minimum absolute atomic E-state index is 0.211. The number of fused-ring (bicyclic) bond motifs is 12. The van der Waals surface area contributed by atoms with E-state index in [1.165, 1.54) is 43.8 Å². The van der Waals surface area contributed by atoms with E-state index in [4.69, 9.17) is 6.57 Å². The minimum atomic E-state index is -0.211. The van der Waals surface area contributed by atoms with Gasteiger partial charge in [-0.2, -0.15) is 5.26 Å². The highest BCUT2D eigenvalue weighted by molar-refractivity contribution is 6.13. The SMILES string of the molecule is [C-]#[N+]c1cc(C#N)cc(-c2cc(-n3c4ccccc4c4ccccc43)c(-n3c4ccccc4c4ccccc43)c(Cn3c4ccccc4c4ccccc43)c2C2c3ccccc3-c3ccccc32)c1. The zero-order chi connectivity index (χ0) is 45.7. The maximum atomic E-state index is 10.6. The fraction of sp³-hybridized carbons (Fsp3) is 0.0312. The summed E-state index contributed by atoms with van der Waals surface area (Å²) in [6.45, 7) is 8.84. The topological polar surface area (TPSA) is 42.9 Å². The van der Waals surface area contributed by atoms with E-state index in [0.29, 0.717) is 17.8 Å². The molecule has 1 aliphatic carbocycles. The molecule has 0 N–H and O–H groups in total. The fourth-order valence-electron chi connectivity index (χ4n) is 11.9. The third-order valence-corrected chi connectivity index (χ3v) is 14.7. The summed E-state index contributed by atoms with van der Waals surface area (Å²) in [5.74, 6) is -0.211. The highest BCUT2D eigenvalue weighted by Gasteiger charge is 2.36. The molecule has 13 aromatic rings. The summed E-state index contributed by atoms with van der Waals surface area (Å²) in [6.07, 6.45) is 0. The first-order valence-corrected chi connectivity index (χ1v) is 23.4. The summed E-state index contributed by atoms with van der Waals surface area (Å²) in [7, 11) is 0. The van der Waals surface area contributed by atoms with Crippen LogP contribution in [0.1, 0.15) is 33.7 Å². The summed E-state index contributed by atoms with van der Waals surface area (Å²) in [5, 5.41) is 17.7. The maximum absolute atomic E-state index is 10.6. The lowest BCUT2D eigenvalue weighted by Gasteiger charge is -2.30. The molecule has 1 aliphatic rings. The Labute approximate surface area is 398 Å². The van der Waals surface area contributed by atoms with Gasteiger partial charge in [0.05, 0.1) is 52.6 Å². The largest absolute Gasteiger partial charge is 0.336 e. The number of aromatic nitrogens is 3. The lowest BCUT2D eigenvalue weighted by molar-refractivity contribution is 0.829. The normalized spacial score (nSPS) is 12.3. The molecular formula is C64H39N5. The van der Waals surface area contributed by atoms with Crippen LogP contribution in [0.5, 0.6) is 0 Å². The van der Waals surface area contributed by atoms with Crippen LogP contribution in [-0.4, -0.2) is 13.7 Å². The molecule has 320 valence electrons. The van der Waals surface area contributed by atoms with Gasteiger partial charge in [0.25, 0.3) is 0 Å². The van der Waals surface area contributed by atoms with Gasteiger partial charge >= 0.3 is 0 Å². The van der Waals surface area contributed by atoms with Crippen molar-refractivity contribution in [2.75, 3.05) is 0 Å². The number of rotatable bonds is 6. The zero-order valence-corrected chi connectivity index (χ0v) is 37.3. The summed E-state index contributed by atoms with van der Waals surface area (Å²) in [4.78, 5) is 3.98. The number of benzene rings is 10. The minimum Gasteiger partial charge on any atom is -0.336 e. The number of nitrogens with zero attached hydrogens (tertiary/aromatic N) is 5. The lowest BCUT2D eigenvalue weighted by Crippen LogP contribution is -2.16. The first-order chi connectivity index (χ1) is 34.2. The molecule has 0 saturated heterocycles. The van der Waals surface area contributed by atoms with E-state index in [9.17, 15) is 5.26 Å². The molecule has 5 heteroatoms. The van der Waals surface area contributed by atoms with Crippen LogP contribution in [0.4, 0.5) is 5.69 Å². The number of para-hydroxylation sites is 6. The molecule has 3 aromatic heterocycles. The summed E-state index contributed by atoms with van der Waals surface area (Å²) in [6, 6.07) is 80.9. The van der Waals surface area contributed by atoms with Crippen LogP contribution in [-0.2, 0) is 6.54 Å². The molecule has 3 heterocycles.